The minimum absolute atomic E-state index is 0.201. The number of benzene rings is 1. The number of amides is 1. The van der Waals surface area contributed by atoms with Crippen LogP contribution in [0.25, 0.3) is 0 Å². The second kappa shape index (κ2) is 5.61. The van der Waals surface area contributed by atoms with Crippen LogP contribution in [0.15, 0.2) is 28.1 Å². The van der Waals surface area contributed by atoms with Crippen LogP contribution in [0.3, 0.4) is 0 Å². The second-order valence-electron chi connectivity index (χ2n) is 3.64. The largest absolute Gasteiger partial charge is 0.320 e. The van der Waals surface area contributed by atoms with Crippen molar-refractivity contribution >= 4 is 62.1 Å². The van der Waals surface area contributed by atoms with Crippen molar-refractivity contribution in [3.63, 3.8) is 0 Å². The van der Waals surface area contributed by atoms with Gasteiger partial charge in [-0.1, -0.05) is 23.2 Å². The number of carbonyl (C=O) groups excluding carboxylic acids is 1. The second-order valence-corrected chi connectivity index (χ2v) is 6.92. The van der Waals surface area contributed by atoms with Gasteiger partial charge in [0.2, 0.25) is 0 Å². The molecule has 94 valence electrons. The maximum atomic E-state index is 12.0. The van der Waals surface area contributed by atoms with E-state index in [1.165, 1.54) is 11.3 Å². The Balaban J connectivity index is 2.24. The molecule has 0 unspecified atom stereocenters. The molecular formula is C12H8BrCl2NOS. The maximum absolute atomic E-state index is 12.0. The van der Waals surface area contributed by atoms with Gasteiger partial charge in [-0.15, -0.1) is 11.3 Å². The highest BCUT2D eigenvalue weighted by Crippen LogP contribution is 2.30. The minimum Gasteiger partial charge on any atom is -0.320 e. The molecule has 0 bridgehead atoms. The number of rotatable bonds is 2. The van der Waals surface area contributed by atoms with Crippen LogP contribution < -0.4 is 5.32 Å². The molecule has 0 aliphatic rings. The quantitative estimate of drug-likeness (QED) is 0.761. The van der Waals surface area contributed by atoms with E-state index >= 15 is 0 Å². The molecule has 2 nitrogen and oxygen atoms in total. The van der Waals surface area contributed by atoms with Gasteiger partial charge >= 0.3 is 0 Å². The Morgan fingerprint density at radius 1 is 1.28 bits per heavy atom. The van der Waals surface area contributed by atoms with Crippen LogP contribution in [0.5, 0.6) is 0 Å². The fourth-order valence-electron chi connectivity index (χ4n) is 1.36. The third-order valence-electron chi connectivity index (χ3n) is 2.29. The van der Waals surface area contributed by atoms with Crippen LogP contribution >= 0.6 is 50.5 Å². The maximum Gasteiger partial charge on any atom is 0.265 e. The van der Waals surface area contributed by atoms with E-state index in [1.54, 1.807) is 18.2 Å². The topological polar surface area (TPSA) is 29.1 Å². The molecule has 1 heterocycles. The zero-order valence-corrected chi connectivity index (χ0v) is 13.2. The van der Waals surface area contributed by atoms with Crippen LogP contribution in [0, 0.1) is 6.92 Å². The van der Waals surface area contributed by atoms with Crippen molar-refractivity contribution in [1.29, 1.82) is 0 Å². The summed E-state index contributed by atoms with van der Waals surface area (Å²) in [6, 6.07) is 6.95. The smallest absolute Gasteiger partial charge is 0.265 e. The lowest BCUT2D eigenvalue weighted by molar-refractivity contribution is 0.103. The summed E-state index contributed by atoms with van der Waals surface area (Å²) in [5, 5.41) is 3.79. The number of nitrogens with one attached hydrogen (secondary N) is 1. The molecule has 0 radical (unpaired) electrons. The molecule has 0 fully saturated rings. The summed E-state index contributed by atoms with van der Waals surface area (Å²) in [4.78, 5) is 12.6. The molecule has 6 heteroatoms. The van der Waals surface area contributed by atoms with Crippen molar-refractivity contribution in [3.05, 3.63) is 48.5 Å². The summed E-state index contributed by atoms with van der Waals surface area (Å²) in [5.41, 5.74) is 1.39. The first-order chi connectivity index (χ1) is 8.47. The van der Waals surface area contributed by atoms with Crippen molar-refractivity contribution in [2.75, 3.05) is 5.32 Å². The van der Waals surface area contributed by atoms with Crippen LogP contribution in [-0.4, -0.2) is 5.91 Å². The molecule has 0 saturated carbocycles. The Hall–Kier alpha value is -0.550. The normalized spacial score (nSPS) is 10.4. The van der Waals surface area contributed by atoms with Crippen LogP contribution in [0.1, 0.15) is 15.2 Å². The van der Waals surface area contributed by atoms with Gasteiger partial charge in [0.15, 0.2) is 0 Å². The highest BCUT2D eigenvalue weighted by Gasteiger charge is 2.12. The van der Waals surface area contributed by atoms with E-state index < -0.39 is 0 Å². The van der Waals surface area contributed by atoms with Gasteiger partial charge in [0.25, 0.3) is 5.91 Å². The number of aryl methyl sites for hydroxylation is 1. The van der Waals surface area contributed by atoms with E-state index in [0.29, 0.717) is 20.6 Å². The van der Waals surface area contributed by atoms with Crippen molar-refractivity contribution in [3.8, 4) is 0 Å². The lowest BCUT2D eigenvalue weighted by atomic mass is 10.2. The minimum atomic E-state index is -0.201. The molecular weight excluding hydrogens is 357 g/mol. The van der Waals surface area contributed by atoms with E-state index in [0.717, 1.165) is 9.35 Å². The Morgan fingerprint density at radius 3 is 2.61 bits per heavy atom. The van der Waals surface area contributed by atoms with Crippen LogP contribution in [-0.2, 0) is 0 Å². The molecule has 0 atom stereocenters. The van der Waals surface area contributed by atoms with Gasteiger partial charge < -0.3 is 5.32 Å². The number of hydrogen-bond donors (Lipinski definition) is 1. The number of hydrogen-bond acceptors (Lipinski definition) is 2. The summed E-state index contributed by atoms with van der Waals surface area (Å²) in [5.74, 6) is -0.201. The third kappa shape index (κ3) is 3.06. The van der Waals surface area contributed by atoms with Gasteiger partial charge in [-0.2, -0.15) is 0 Å². The van der Waals surface area contributed by atoms with E-state index in [9.17, 15) is 4.79 Å². The lowest BCUT2D eigenvalue weighted by Gasteiger charge is -2.08. The van der Waals surface area contributed by atoms with E-state index in [4.69, 9.17) is 23.2 Å². The summed E-state index contributed by atoms with van der Waals surface area (Å²) in [6.07, 6.45) is 0. The fourth-order valence-corrected chi connectivity index (χ4v) is 3.07. The summed E-state index contributed by atoms with van der Waals surface area (Å²) >= 11 is 16.7. The molecule has 2 aromatic rings. The monoisotopic (exact) mass is 363 g/mol. The summed E-state index contributed by atoms with van der Waals surface area (Å²) in [6.45, 7) is 1.86. The number of carbonyl (C=O) groups is 1. The molecule has 2 rings (SSSR count). The Morgan fingerprint density at radius 2 is 2.00 bits per heavy atom. The SMILES string of the molecule is Cc1cc(Cl)c(NC(=O)c2ccc(Br)s2)cc1Cl. The highest BCUT2D eigenvalue weighted by molar-refractivity contribution is 9.11. The van der Waals surface area contributed by atoms with Crippen LogP contribution in [0.4, 0.5) is 5.69 Å². The first-order valence-corrected chi connectivity index (χ1v) is 7.36. The summed E-state index contributed by atoms with van der Waals surface area (Å²) < 4.78 is 0.903. The fraction of sp³-hybridized carbons (Fsp3) is 0.0833. The molecule has 1 aromatic carbocycles. The predicted molar refractivity (Wildman–Crippen MR) is 81.2 cm³/mol. The first kappa shape index (κ1) is 13.9. The molecule has 1 N–H and O–H groups in total. The van der Waals surface area contributed by atoms with Gasteiger partial charge in [0, 0.05) is 5.02 Å². The van der Waals surface area contributed by atoms with E-state index in [1.807, 2.05) is 13.0 Å². The average molecular weight is 365 g/mol. The van der Waals surface area contributed by atoms with Gasteiger partial charge in [-0.25, -0.2) is 0 Å². The molecule has 1 aromatic heterocycles. The lowest BCUT2D eigenvalue weighted by Crippen LogP contribution is -2.10. The number of anilines is 1. The zero-order chi connectivity index (χ0) is 13.3. The van der Waals surface area contributed by atoms with Gasteiger partial charge in [0.1, 0.15) is 0 Å². The molecule has 0 saturated heterocycles. The van der Waals surface area contributed by atoms with Gasteiger partial charge in [-0.05, 0) is 52.7 Å². The standard InChI is InChI=1S/C12H8BrCl2NOS/c1-6-4-8(15)9(5-7(6)14)16-12(17)10-2-3-11(13)18-10/h2-5H,1H3,(H,16,17). The van der Waals surface area contributed by atoms with Crippen molar-refractivity contribution in [1.82, 2.24) is 0 Å². The van der Waals surface area contributed by atoms with Crippen LogP contribution in [0.2, 0.25) is 10.0 Å². The Labute approximate surface area is 127 Å². The Kier molecular flexibility index (Phi) is 4.33. The third-order valence-corrected chi connectivity index (χ3v) is 4.64. The van der Waals surface area contributed by atoms with Gasteiger partial charge in [0.05, 0.1) is 19.4 Å². The Bertz CT molecular complexity index is 612. The van der Waals surface area contributed by atoms with E-state index in [2.05, 4.69) is 21.2 Å². The highest BCUT2D eigenvalue weighted by atomic mass is 79.9. The molecule has 0 spiro atoms. The molecule has 0 aliphatic heterocycles. The van der Waals surface area contributed by atoms with Crippen molar-refractivity contribution in [2.24, 2.45) is 0 Å². The number of thiophene rings is 1. The zero-order valence-electron chi connectivity index (χ0n) is 9.26. The molecule has 1 amide bonds. The first-order valence-electron chi connectivity index (χ1n) is 4.99. The molecule has 18 heavy (non-hydrogen) atoms. The predicted octanol–water partition coefficient (Wildman–Crippen LogP) is 5.38. The van der Waals surface area contributed by atoms with Crippen molar-refractivity contribution in [2.45, 2.75) is 6.92 Å². The summed E-state index contributed by atoms with van der Waals surface area (Å²) in [7, 11) is 0. The van der Waals surface area contributed by atoms with E-state index in [-0.39, 0.29) is 5.91 Å². The van der Waals surface area contributed by atoms with Crippen molar-refractivity contribution < 1.29 is 4.79 Å². The number of halogens is 3. The molecule has 0 aliphatic carbocycles. The van der Waals surface area contributed by atoms with Gasteiger partial charge in [-0.3, -0.25) is 4.79 Å². The average Bonchev–Trinajstić information content (AvgIpc) is 2.73.